The number of nitrogens with two attached hydrogens (primary N) is 1. The molecule has 0 spiro atoms. The van der Waals surface area contributed by atoms with E-state index in [1.807, 2.05) is 72.3 Å². The highest BCUT2D eigenvalue weighted by Gasteiger charge is 2.25. The van der Waals surface area contributed by atoms with Crippen molar-refractivity contribution >= 4 is 63.0 Å². The SMILES string of the molecule is C/C=C(\C=C/CC(=N/C(N)C1=CC=CCC1)/N=C/C1=CCCC=C1)c1cc(-c2cccc(/C=N/C(=N\C(=N)C3C=CC=CC3)c3ccccc3)c2)c2sc3c(c2c1)C=CCC3c1ccccc1. The zero-order valence-corrected chi connectivity index (χ0v) is 38.8. The van der Waals surface area contributed by atoms with E-state index in [-0.39, 0.29) is 11.8 Å². The molecule has 3 unspecified atom stereocenters. The van der Waals surface area contributed by atoms with E-state index in [4.69, 9.17) is 31.1 Å². The summed E-state index contributed by atoms with van der Waals surface area (Å²) >= 11 is 1.91. The van der Waals surface area contributed by atoms with Gasteiger partial charge in [-0.05, 0) is 108 Å². The Balaban J connectivity index is 1.09. The fraction of sp³-hybridized carbons (Fsp3) is 0.183. The van der Waals surface area contributed by atoms with Crippen molar-refractivity contribution in [3.63, 3.8) is 0 Å². The predicted molar refractivity (Wildman–Crippen MR) is 288 cm³/mol. The number of benzene rings is 4. The highest BCUT2D eigenvalue weighted by atomic mass is 32.1. The molecule has 6 nitrogen and oxygen atoms in total. The number of nitrogens with zero attached hydrogens (tertiary/aromatic N) is 4. The predicted octanol–water partition coefficient (Wildman–Crippen LogP) is 14.7. The fourth-order valence-electron chi connectivity index (χ4n) is 8.89. The fourth-order valence-corrected chi connectivity index (χ4v) is 10.3. The van der Waals surface area contributed by atoms with Gasteiger partial charge >= 0.3 is 0 Å². The van der Waals surface area contributed by atoms with Crippen LogP contribution in [0.4, 0.5) is 0 Å². The van der Waals surface area contributed by atoms with Crippen molar-refractivity contribution in [2.24, 2.45) is 31.6 Å². The van der Waals surface area contributed by atoms with Crippen molar-refractivity contribution in [1.82, 2.24) is 0 Å². The Morgan fingerprint density at radius 1 is 0.821 bits per heavy atom. The molecule has 0 amide bonds. The van der Waals surface area contributed by atoms with Crippen molar-refractivity contribution in [2.45, 2.75) is 64.0 Å². The molecule has 0 saturated heterocycles. The summed E-state index contributed by atoms with van der Waals surface area (Å²) < 4.78 is 1.26. The number of aliphatic imine (C=N–C) groups is 4. The van der Waals surface area contributed by atoms with Crippen LogP contribution in [0.5, 0.6) is 0 Å². The van der Waals surface area contributed by atoms with Crippen LogP contribution in [-0.4, -0.2) is 36.1 Å². The van der Waals surface area contributed by atoms with Gasteiger partial charge in [-0.3, -0.25) is 5.41 Å². The molecule has 0 aliphatic heterocycles. The first-order valence-electron chi connectivity index (χ1n) is 23.4. The summed E-state index contributed by atoms with van der Waals surface area (Å²) in [6.07, 6.45) is 41.8. The molecule has 5 aromatic rings. The number of thiophene rings is 1. The van der Waals surface area contributed by atoms with Gasteiger partial charge in [-0.25, -0.2) is 20.0 Å². The molecule has 3 N–H and O–H groups in total. The Labute approximate surface area is 399 Å². The second kappa shape index (κ2) is 21.9. The molecule has 332 valence electrons. The maximum Gasteiger partial charge on any atom is 0.161 e. The van der Waals surface area contributed by atoms with Crippen LogP contribution in [0.2, 0.25) is 0 Å². The second-order valence-corrected chi connectivity index (χ2v) is 18.2. The first-order chi connectivity index (χ1) is 33.0. The standard InChI is InChI=1S/C60H56N6S/c1-2-44(32-19-36-55(63-40-42-21-8-3-9-22-42)65-58(61)46-26-12-5-13-27-46)50-38-53(57-54(39-50)52-35-20-34-51(56(52)67-57)45-24-10-4-11-25-45)49-33-18-23-43(37-49)41-64-60(48-30-16-7-17-31-48)66-59(62)47-28-14-6-15-29-47/h2,4-8,10-12,14-26,28,30-33,35,37-41,47,51,58,62H,3,9,13,27,29,34,36,61H2,1H3/b32-19-,44-2+,62-59?,63-40+,64-41+,65-55-,66-60-. The molecule has 3 atom stereocenters. The molecule has 4 aromatic carbocycles. The number of rotatable bonds is 12. The van der Waals surface area contributed by atoms with Crippen LogP contribution in [-0.2, 0) is 0 Å². The van der Waals surface area contributed by atoms with Crippen LogP contribution < -0.4 is 5.73 Å². The van der Waals surface area contributed by atoms with Crippen molar-refractivity contribution < 1.29 is 0 Å². The van der Waals surface area contributed by atoms with E-state index in [0.717, 1.165) is 77.5 Å². The normalized spacial score (nSPS) is 19.2. The van der Waals surface area contributed by atoms with Gasteiger partial charge in [0.05, 0.1) is 0 Å². The molecule has 1 heterocycles. The van der Waals surface area contributed by atoms with Crippen LogP contribution in [0.15, 0.2) is 213 Å². The molecule has 0 saturated carbocycles. The first kappa shape index (κ1) is 45.0. The Bertz CT molecular complexity index is 3030. The minimum absolute atomic E-state index is 0.0764. The molecule has 4 aliphatic rings. The molecule has 0 fully saturated rings. The first-order valence-corrected chi connectivity index (χ1v) is 24.3. The lowest BCUT2D eigenvalue weighted by atomic mass is 9.86. The number of amidine groups is 3. The largest absolute Gasteiger partial charge is 0.306 e. The van der Waals surface area contributed by atoms with Crippen LogP contribution >= 0.6 is 11.3 Å². The lowest BCUT2D eigenvalue weighted by molar-refractivity contribution is 0.751. The molecule has 1 aromatic heterocycles. The summed E-state index contributed by atoms with van der Waals surface area (Å²) in [4.78, 5) is 21.0. The smallest absolute Gasteiger partial charge is 0.161 e. The van der Waals surface area contributed by atoms with Gasteiger partial charge in [-0.1, -0.05) is 170 Å². The molecular formula is C60H56N6S. The summed E-state index contributed by atoms with van der Waals surface area (Å²) in [7, 11) is 0. The Hall–Kier alpha value is -7.19. The van der Waals surface area contributed by atoms with Gasteiger partial charge in [-0.2, -0.15) is 0 Å². The monoisotopic (exact) mass is 892 g/mol. The van der Waals surface area contributed by atoms with Crippen LogP contribution in [0.3, 0.4) is 0 Å². The highest BCUT2D eigenvalue weighted by molar-refractivity contribution is 7.20. The number of hydrogen-bond acceptors (Lipinski definition) is 4. The van der Waals surface area contributed by atoms with Crippen molar-refractivity contribution in [3.8, 4) is 11.1 Å². The minimum Gasteiger partial charge on any atom is -0.306 e. The third-order valence-corrected chi connectivity index (χ3v) is 13.9. The van der Waals surface area contributed by atoms with E-state index in [0.29, 0.717) is 23.9 Å². The van der Waals surface area contributed by atoms with Crippen LogP contribution in [0.1, 0.15) is 90.5 Å². The quantitative estimate of drug-likeness (QED) is 0.0728. The second-order valence-electron chi connectivity index (χ2n) is 17.1. The third kappa shape index (κ3) is 11.1. The summed E-state index contributed by atoms with van der Waals surface area (Å²) in [5.74, 6) is 1.73. The van der Waals surface area contributed by atoms with E-state index in [1.54, 1.807) is 0 Å². The zero-order chi connectivity index (χ0) is 45.8. The molecule has 67 heavy (non-hydrogen) atoms. The summed E-state index contributed by atoms with van der Waals surface area (Å²) in [6.45, 7) is 2.11. The number of nitrogens with one attached hydrogen (secondary N) is 1. The van der Waals surface area contributed by atoms with Crippen molar-refractivity contribution in [1.29, 1.82) is 5.41 Å². The Morgan fingerprint density at radius 2 is 1.69 bits per heavy atom. The number of allylic oxidation sites excluding steroid dienone is 14. The highest BCUT2D eigenvalue weighted by Crippen LogP contribution is 2.48. The van der Waals surface area contributed by atoms with Crippen molar-refractivity contribution in [2.75, 3.05) is 0 Å². The summed E-state index contributed by atoms with van der Waals surface area (Å²) in [6, 6.07) is 34.2. The number of hydrogen-bond donors (Lipinski definition) is 2. The van der Waals surface area contributed by atoms with Crippen molar-refractivity contribution in [3.05, 3.63) is 226 Å². The summed E-state index contributed by atoms with van der Waals surface area (Å²) in [5.41, 5.74) is 17.9. The van der Waals surface area contributed by atoms with Crippen LogP contribution in [0, 0.1) is 11.3 Å². The molecule has 0 bridgehead atoms. The van der Waals surface area contributed by atoms with Gasteiger partial charge in [0, 0.05) is 56.8 Å². The van der Waals surface area contributed by atoms with Crippen LogP contribution in [0.25, 0.3) is 32.9 Å². The number of fused-ring (bicyclic) bond motifs is 3. The van der Waals surface area contributed by atoms with E-state index < -0.39 is 6.17 Å². The molecule has 7 heteroatoms. The Morgan fingerprint density at radius 3 is 2.46 bits per heavy atom. The van der Waals surface area contributed by atoms with Gasteiger partial charge in [-0.15, -0.1) is 11.3 Å². The topological polar surface area (TPSA) is 99.3 Å². The average Bonchev–Trinajstić information content (AvgIpc) is 3.78. The summed E-state index contributed by atoms with van der Waals surface area (Å²) in [5, 5.41) is 10.1. The van der Waals surface area contributed by atoms with Gasteiger partial charge in [0.15, 0.2) is 5.84 Å². The molecule has 4 aliphatic carbocycles. The van der Waals surface area contributed by atoms with Gasteiger partial charge in [0.1, 0.15) is 17.8 Å². The van der Waals surface area contributed by atoms with Gasteiger partial charge in [0.25, 0.3) is 0 Å². The lowest BCUT2D eigenvalue weighted by Gasteiger charge is -2.19. The molecule has 9 rings (SSSR count). The minimum atomic E-state index is -0.437. The molecule has 0 radical (unpaired) electrons. The maximum atomic E-state index is 8.87. The van der Waals surface area contributed by atoms with E-state index >= 15 is 0 Å². The molecular weight excluding hydrogens is 837 g/mol. The van der Waals surface area contributed by atoms with E-state index in [2.05, 4.69) is 147 Å². The van der Waals surface area contributed by atoms with Gasteiger partial charge < -0.3 is 5.73 Å². The lowest BCUT2D eigenvalue weighted by Crippen LogP contribution is -2.22. The average molecular weight is 893 g/mol. The third-order valence-electron chi connectivity index (χ3n) is 12.5. The van der Waals surface area contributed by atoms with E-state index in [9.17, 15) is 0 Å². The van der Waals surface area contributed by atoms with E-state index in [1.165, 1.54) is 31.7 Å². The Kier molecular flexibility index (Phi) is 14.7. The van der Waals surface area contributed by atoms with Gasteiger partial charge in [0.2, 0.25) is 0 Å². The maximum absolute atomic E-state index is 8.87. The zero-order valence-electron chi connectivity index (χ0n) is 38.0.